The van der Waals surface area contributed by atoms with Gasteiger partial charge in [-0.1, -0.05) is 12.1 Å². The number of anilines is 1. The maximum atomic E-state index is 12.5. The molecule has 24 heavy (non-hydrogen) atoms. The van der Waals surface area contributed by atoms with E-state index in [1.165, 1.54) is 0 Å². The first-order valence-corrected chi connectivity index (χ1v) is 7.78. The van der Waals surface area contributed by atoms with Crippen LogP contribution in [-0.4, -0.2) is 44.2 Å². The van der Waals surface area contributed by atoms with Crippen LogP contribution in [0, 0.1) is 0 Å². The molecule has 2 heterocycles. The van der Waals surface area contributed by atoms with E-state index in [9.17, 15) is 19.8 Å². The van der Waals surface area contributed by atoms with Crippen molar-refractivity contribution >= 4 is 17.8 Å². The summed E-state index contributed by atoms with van der Waals surface area (Å²) in [7, 11) is 0. The van der Waals surface area contributed by atoms with Gasteiger partial charge in [-0.2, -0.15) is 0 Å². The van der Waals surface area contributed by atoms with Crippen molar-refractivity contribution in [1.82, 2.24) is 9.97 Å². The van der Waals surface area contributed by atoms with Crippen LogP contribution in [-0.2, 0) is 0 Å². The third kappa shape index (κ3) is 1.53. The number of amides is 2. The summed E-state index contributed by atoms with van der Waals surface area (Å²) < 4.78 is 0. The monoisotopic (exact) mass is 323 g/mol. The fraction of sp³-hybridized carbons (Fsp3) is 0.294. The van der Waals surface area contributed by atoms with E-state index in [0.717, 1.165) is 10.5 Å². The normalized spacial score (nSPS) is 30.0. The van der Waals surface area contributed by atoms with E-state index in [1.54, 1.807) is 30.5 Å². The lowest BCUT2D eigenvalue weighted by molar-refractivity contribution is 0.0207. The van der Waals surface area contributed by atoms with Crippen LogP contribution in [0.3, 0.4) is 0 Å². The third-order valence-electron chi connectivity index (χ3n) is 5.26. The van der Waals surface area contributed by atoms with Crippen molar-refractivity contribution in [3.05, 3.63) is 52.8 Å². The minimum Gasteiger partial charge on any atom is -0.390 e. The van der Waals surface area contributed by atoms with Gasteiger partial charge in [-0.25, -0.2) is 14.9 Å². The molecular weight excluding hydrogens is 310 g/mol. The van der Waals surface area contributed by atoms with Gasteiger partial charge in [0.2, 0.25) is 5.95 Å². The lowest BCUT2D eigenvalue weighted by atomic mass is 9.92. The minimum absolute atomic E-state index is 0.0224. The molecule has 1 aromatic heterocycles. The summed E-state index contributed by atoms with van der Waals surface area (Å²) in [5, 5.41) is 20.1. The van der Waals surface area contributed by atoms with Crippen LogP contribution in [0.4, 0.5) is 5.95 Å². The van der Waals surface area contributed by atoms with Gasteiger partial charge in [-0.05, 0) is 24.1 Å². The Bertz CT molecular complexity index is 877. The van der Waals surface area contributed by atoms with E-state index < -0.39 is 24.0 Å². The number of rotatable bonds is 1. The quantitative estimate of drug-likeness (QED) is 0.744. The van der Waals surface area contributed by atoms with Gasteiger partial charge in [0.15, 0.2) is 0 Å². The zero-order chi connectivity index (χ0) is 16.6. The number of aliphatic hydroxyl groups excluding tert-OH is 2. The summed E-state index contributed by atoms with van der Waals surface area (Å²) in [5.74, 6) is -1.33. The van der Waals surface area contributed by atoms with Gasteiger partial charge < -0.3 is 10.2 Å². The highest BCUT2D eigenvalue weighted by atomic mass is 16.3. The number of carbonyl (C=O) groups is 2. The molecular formula is C17H13N3O4. The van der Waals surface area contributed by atoms with Gasteiger partial charge in [-0.3, -0.25) is 9.59 Å². The lowest BCUT2D eigenvalue weighted by Crippen LogP contribution is -2.34. The molecule has 5 rings (SSSR count). The number of imide groups is 1. The van der Waals surface area contributed by atoms with Crippen LogP contribution >= 0.6 is 0 Å². The first-order chi connectivity index (χ1) is 11.6. The van der Waals surface area contributed by atoms with Crippen LogP contribution in [0.1, 0.15) is 50.2 Å². The largest absolute Gasteiger partial charge is 0.390 e. The third-order valence-corrected chi connectivity index (χ3v) is 5.26. The van der Waals surface area contributed by atoms with Crippen molar-refractivity contribution in [2.24, 2.45) is 0 Å². The second-order valence-corrected chi connectivity index (χ2v) is 6.43. The van der Waals surface area contributed by atoms with Crippen LogP contribution in [0.15, 0.2) is 30.5 Å². The molecule has 120 valence electrons. The summed E-state index contributed by atoms with van der Waals surface area (Å²) in [6.07, 6.45) is 0.488. The molecule has 1 aromatic carbocycles. The molecule has 0 saturated heterocycles. The smallest absolute Gasteiger partial charge is 0.268 e. The Morgan fingerprint density at radius 3 is 2.29 bits per heavy atom. The Hall–Kier alpha value is -2.64. The number of benzene rings is 1. The molecule has 2 aliphatic carbocycles. The van der Waals surface area contributed by atoms with Crippen LogP contribution in [0.5, 0.6) is 0 Å². The highest BCUT2D eigenvalue weighted by Crippen LogP contribution is 2.52. The van der Waals surface area contributed by atoms with Crippen molar-refractivity contribution in [1.29, 1.82) is 0 Å². The Balaban J connectivity index is 1.59. The number of aromatic nitrogens is 2. The maximum absolute atomic E-state index is 12.5. The van der Waals surface area contributed by atoms with E-state index in [2.05, 4.69) is 9.97 Å². The number of nitrogens with zero attached hydrogens (tertiary/aromatic N) is 3. The van der Waals surface area contributed by atoms with Crippen LogP contribution in [0.2, 0.25) is 0 Å². The van der Waals surface area contributed by atoms with E-state index in [4.69, 9.17) is 0 Å². The highest BCUT2D eigenvalue weighted by Gasteiger charge is 2.51. The van der Waals surface area contributed by atoms with Crippen molar-refractivity contribution < 1.29 is 19.8 Å². The summed E-state index contributed by atoms with van der Waals surface area (Å²) in [5.41, 5.74) is 2.09. The molecule has 2 amide bonds. The molecule has 7 heteroatoms. The second-order valence-electron chi connectivity index (χ2n) is 6.43. The predicted molar refractivity (Wildman–Crippen MR) is 81.7 cm³/mol. The number of hydrogen-bond acceptors (Lipinski definition) is 6. The van der Waals surface area contributed by atoms with Gasteiger partial charge in [0.25, 0.3) is 11.8 Å². The van der Waals surface area contributed by atoms with Crippen molar-refractivity contribution in [3.8, 4) is 0 Å². The summed E-state index contributed by atoms with van der Waals surface area (Å²) in [6, 6.07) is 6.61. The number of fused-ring (bicyclic) bond motifs is 6. The average molecular weight is 323 g/mol. The van der Waals surface area contributed by atoms with E-state index in [-0.39, 0.29) is 17.8 Å². The molecule has 1 fully saturated rings. The number of aliphatic hydroxyl groups is 2. The predicted octanol–water partition coefficient (Wildman–Crippen LogP) is 0.583. The molecule has 2 N–H and O–H groups in total. The molecule has 3 aliphatic rings. The molecule has 2 bridgehead atoms. The molecule has 0 radical (unpaired) electrons. The highest BCUT2D eigenvalue weighted by molar-refractivity contribution is 6.33. The first-order valence-electron chi connectivity index (χ1n) is 7.78. The molecule has 1 aliphatic heterocycles. The zero-order valence-electron chi connectivity index (χ0n) is 12.5. The number of hydrogen-bond donors (Lipinski definition) is 2. The molecule has 0 spiro atoms. The van der Waals surface area contributed by atoms with Gasteiger partial charge >= 0.3 is 0 Å². The second kappa shape index (κ2) is 4.46. The minimum atomic E-state index is -0.868. The topological polar surface area (TPSA) is 104 Å². The fourth-order valence-electron chi connectivity index (χ4n) is 4.07. The summed E-state index contributed by atoms with van der Waals surface area (Å²) in [4.78, 5) is 34.6. The Morgan fingerprint density at radius 2 is 1.62 bits per heavy atom. The van der Waals surface area contributed by atoms with Gasteiger partial charge in [-0.15, -0.1) is 0 Å². The SMILES string of the molecule is O=C1c2ccccc2C(=O)N1c1ncc2c(n1)[C@H]1C[C@@H]2[C@H](O)[C@@H]1O. The van der Waals surface area contributed by atoms with Crippen molar-refractivity contribution in [2.75, 3.05) is 4.90 Å². The van der Waals surface area contributed by atoms with E-state index >= 15 is 0 Å². The van der Waals surface area contributed by atoms with E-state index in [1.807, 2.05) is 0 Å². The number of carbonyl (C=O) groups excluding carboxylic acids is 2. The molecule has 4 atom stereocenters. The summed E-state index contributed by atoms with van der Waals surface area (Å²) >= 11 is 0. The fourth-order valence-corrected chi connectivity index (χ4v) is 4.07. The first kappa shape index (κ1) is 13.8. The van der Waals surface area contributed by atoms with Crippen LogP contribution in [0.25, 0.3) is 0 Å². The Morgan fingerprint density at radius 1 is 1.00 bits per heavy atom. The van der Waals surface area contributed by atoms with Crippen molar-refractivity contribution in [3.63, 3.8) is 0 Å². The standard InChI is InChI=1S/C17H13N3O4/c21-13-9-5-10(14(13)22)12-11(9)6-18-17(19-12)20-15(23)7-3-1-2-4-8(7)16(20)24/h1-4,6,9-10,13-14,21-22H,5H2/t9-,10+,13-,14+/m0/s1. The average Bonchev–Trinajstić information content (AvgIpc) is 3.19. The Labute approximate surface area is 136 Å². The Kier molecular flexibility index (Phi) is 2.56. The summed E-state index contributed by atoms with van der Waals surface area (Å²) in [6.45, 7) is 0. The van der Waals surface area contributed by atoms with Crippen LogP contribution < -0.4 is 4.90 Å². The van der Waals surface area contributed by atoms with Gasteiger partial charge in [0.1, 0.15) is 0 Å². The van der Waals surface area contributed by atoms with Gasteiger partial charge in [0.05, 0.1) is 29.0 Å². The van der Waals surface area contributed by atoms with Gasteiger partial charge in [0, 0.05) is 18.0 Å². The molecule has 1 saturated carbocycles. The van der Waals surface area contributed by atoms with Crippen molar-refractivity contribution in [2.45, 2.75) is 30.5 Å². The zero-order valence-corrected chi connectivity index (χ0v) is 12.5. The maximum Gasteiger partial charge on any atom is 0.268 e. The van der Waals surface area contributed by atoms with E-state index in [0.29, 0.717) is 23.2 Å². The molecule has 0 unspecified atom stereocenters. The molecule has 7 nitrogen and oxygen atoms in total. The lowest BCUT2D eigenvalue weighted by Gasteiger charge is -2.25. The molecule has 2 aromatic rings.